The summed E-state index contributed by atoms with van der Waals surface area (Å²) < 4.78 is 0. The van der Waals surface area contributed by atoms with Gasteiger partial charge in [0.2, 0.25) is 0 Å². The van der Waals surface area contributed by atoms with E-state index in [1.54, 1.807) is 4.90 Å². The molecule has 1 aliphatic carbocycles. The molecule has 0 heterocycles. The van der Waals surface area contributed by atoms with Gasteiger partial charge in [-0.3, -0.25) is 0 Å². The standard InChI is InChI=1S/C13H26N2O/c1-4-6-11-7-9-12(10-8-11)14-13(16)15(3)5-2/h11-12H,4-10H2,1-3H3,(H,14,16). The molecule has 0 radical (unpaired) electrons. The van der Waals surface area contributed by atoms with E-state index in [9.17, 15) is 4.79 Å². The molecule has 94 valence electrons. The van der Waals surface area contributed by atoms with Crippen LogP contribution in [0.3, 0.4) is 0 Å². The van der Waals surface area contributed by atoms with Crippen molar-refractivity contribution >= 4 is 6.03 Å². The van der Waals surface area contributed by atoms with Crippen molar-refractivity contribution in [2.75, 3.05) is 13.6 Å². The van der Waals surface area contributed by atoms with Crippen molar-refractivity contribution in [1.82, 2.24) is 10.2 Å². The molecule has 0 bridgehead atoms. The second kappa shape index (κ2) is 6.77. The second-order valence-corrected chi connectivity index (χ2v) is 4.97. The summed E-state index contributed by atoms with van der Waals surface area (Å²) in [6.45, 7) is 5.03. The van der Waals surface area contributed by atoms with Gasteiger partial charge in [-0.25, -0.2) is 4.79 Å². The van der Waals surface area contributed by atoms with Crippen molar-refractivity contribution < 1.29 is 4.79 Å². The zero-order chi connectivity index (χ0) is 12.0. The summed E-state index contributed by atoms with van der Waals surface area (Å²) in [5.41, 5.74) is 0. The quantitative estimate of drug-likeness (QED) is 0.785. The van der Waals surface area contributed by atoms with E-state index >= 15 is 0 Å². The summed E-state index contributed by atoms with van der Waals surface area (Å²) in [5, 5.41) is 3.12. The lowest BCUT2D eigenvalue weighted by Crippen LogP contribution is -2.44. The van der Waals surface area contributed by atoms with Gasteiger partial charge in [0.25, 0.3) is 0 Å². The Morgan fingerprint density at radius 2 is 1.88 bits per heavy atom. The average Bonchev–Trinajstić information content (AvgIpc) is 2.31. The lowest BCUT2D eigenvalue weighted by atomic mass is 9.83. The number of amides is 2. The third-order valence-corrected chi connectivity index (χ3v) is 3.69. The van der Waals surface area contributed by atoms with E-state index in [0.29, 0.717) is 6.04 Å². The number of carbonyl (C=O) groups is 1. The summed E-state index contributed by atoms with van der Waals surface area (Å²) in [4.78, 5) is 13.4. The average molecular weight is 226 g/mol. The molecule has 0 aromatic carbocycles. The number of nitrogens with zero attached hydrogens (tertiary/aromatic N) is 1. The molecule has 0 saturated heterocycles. The molecule has 1 saturated carbocycles. The number of hydrogen-bond donors (Lipinski definition) is 1. The molecule has 3 nitrogen and oxygen atoms in total. The highest BCUT2D eigenvalue weighted by molar-refractivity contribution is 5.74. The highest BCUT2D eigenvalue weighted by atomic mass is 16.2. The Bertz CT molecular complexity index is 210. The minimum Gasteiger partial charge on any atom is -0.335 e. The molecule has 1 aliphatic rings. The molecule has 2 amide bonds. The maximum atomic E-state index is 11.7. The predicted octanol–water partition coefficient (Wildman–Crippen LogP) is 3.01. The highest BCUT2D eigenvalue weighted by Crippen LogP contribution is 2.27. The van der Waals surface area contributed by atoms with Crippen molar-refractivity contribution in [3.63, 3.8) is 0 Å². The van der Waals surface area contributed by atoms with Crippen LogP contribution in [0.5, 0.6) is 0 Å². The van der Waals surface area contributed by atoms with Gasteiger partial charge in [0, 0.05) is 19.6 Å². The summed E-state index contributed by atoms with van der Waals surface area (Å²) >= 11 is 0. The maximum absolute atomic E-state index is 11.7. The van der Waals surface area contributed by atoms with Gasteiger partial charge < -0.3 is 10.2 Å². The molecule has 0 atom stereocenters. The lowest BCUT2D eigenvalue weighted by molar-refractivity contribution is 0.197. The van der Waals surface area contributed by atoms with Crippen molar-refractivity contribution in [2.45, 2.75) is 58.4 Å². The zero-order valence-corrected chi connectivity index (χ0v) is 11.0. The summed E-state index contributed by atoms with van der Waals surface area (Å²) in [6.07, 6.45) is 7.54. The summed E-state index contributed by atoms with van der Waals surface area (Å²) in [7, 11) is 1.85. The van der Waals surface area contributed by atoms with E-state index in [-0.39, 0.29) is 6.03 Å². The number of nitrogens with one attached hydrogen (secondary N) is 1. The summed E-state index contributed by atoms with van der Waals surface area (Å²) in [6, 6.07) is 0.496. The van der Waals surface area contributed by atoms with Crippen LogP contribution in [0.25, 0.3) is 0 Å². The Hall–Kier alpha value is -0.730. The van der Waals surface area contributed by atoms with Crippen molar-refractivity contribution in [1.29, 1.82) is 0 Å². The molecule has 0 aliphatic heterocycles. The third kappa shape index (κ3) is 4.03. The molecular weight excluding hydrogens is 200 g/mol. The molecule has 0 unspecified atom stereocenters. The SMILES string of the molecule is CCCC1CCC(NC(=O)N(C)CC)CC1. The van der Waals surface area contributed by atoms with Crippen LogP contribution in [-0.4, -0.2) is 30.6 Å². The first-order valence-corrected chi connectivity index (χ1v) is 6.69. The Kier molecular flexibility index (Phi) is 5.64. The van der Waals surface area contributed by atoms with Crippen LogP contribution in [0.1, 0.15) is 52.4 Å². The smallest absolute Gasteiger partial charge is 0.317 e. The van der Waals surface area contributed by atoms with Crippen LogP contribution >= 0.6 is 0 Å². The van der Waals surface area contributed by atoms with Crippen molar-refractivity contribution in [3.8, 4) is 0 Å². The largest absolute Gasteiger partial charge is 0.335 e. The molecule has 0 aromatic heterocycles. The number of rotatable bonds is 4. The van der Waals surface area contributed by atoms with Crippen molar-refractivity contribution in [3.05, 3.63) is 0 Å². The maximum Gasteiger partial charge on any atom is 0.317 e. The fourth-order valence-corrected chi connectivity index (χ4v) is 2.43. The number of urea groups is 1. The normalized spacial score (nSPS) is 25.2. The molecule has 0 spiro atoms. The molecule has 1 fully saturated rings. The Morgan fingerprint density at radius 1 is 1.25 bits per heavy atom. The minimum absolute atomic E-state index is 0.0847. The lowest BCUT2D eigenvalue weighted by Gasteiger charge is -2.30. The topological polar surface area (TPSA) is 32.3 Å². The molecule has 1 N–H and O–H groups in total. The zero-order valence-electron chi connectivity index (χ0n) is 11.0. The number of carbonyl (C=O) groups excluding carboxylic acids is 1. The van der Waals surface area contributed by atoms with Gasteiger partial charge in [-0.05, 0) is 38.5 Å². The van der Waals surface area contributed by atoms with Crippen LogP contribution in [0.2, 0.25) is 0 Å². The monoisotopic (exact) mass is 226 g/mol. The van der Waals surface area contributed by atoms with Gasteiger partial charge >= 0.3 is 6.03 Å². The van der Waals surface area contributed by atoms with E-state index in [0.717, 1.165) is 25.3 Å². The van der Waals surface area contributed by atoms with E-state index in [4.69, 9.17) is 0 Å². The van der Waals surface area contributed by atoms with E-state index in [2.05, 4.69) is 12.2 Å². The summed E-state index contributed by atoms with van der Waals surface area (Å²) in [5.74, 6) is 0.905. The van der Waals surface area contributed by atoms with Gasteiger partial charge in [0.05, 0.1) is 0 Å². The molecule has 1 rings (SSSR count). The Balaban J connectivity index is 2.24. The fraction of sp³-hybridized carbons (Fsp3) is 0.923. The molecule has 0 aromatic rings. The first-order chi connectivity index (χ1) is 7.67. The molecular formula is C13H26N2O. The van der Waals surface area contributed by atoms with Crippen LogP contribution in [0.4, 0.5) is 4.79 Å². The van der Waals surface area contributed by atoms with Gasteiger partial charge in [-0.2, -0.15) is 0 Å². The molecule has 3 heteroatoms. The van der Waals surface area contributed by atoms with Gasteiger partial charge in [0.15, 0.2) is 0 Å². The predicted molar refractivity (Wildman–Crippen MR) is 67.5 cm³/mol. The van der Waals surface area contributed by atoms with Crippen molar-refractivity contribution in [2.24, 2.45) is 5.92 Å². The van der Waals surface area contributed by atoms with Crippen LogP contribution in [-0.2, 0) is 0 Å². The second-order valence-electron chi connectivity index (χ2n) is 4.97. The van der Waals surface area contributed by atoms with Gasteiger partial charge in [-0.15, -0.1) is 0 Å². The van der Waals surface area contributed by atoms with Crippen LogP contribution in [0, 0.1) is 5.92 Å². The molecule has 16 heavy (non-hydrogen) atoms. The van der Waals surface area contributed by atoms with Crippen LogP contribution in [0.15, 0.2) is 0 Å². The third-order valence-electron chi connectivity index (χ3n) is 3.69. The first kappa shape index (κ1) is 13.3. The van der Waals surface area contributed by atoms with Crippen LogP contribution < -0.4 is 5.32 Å². The van der Waals surface area contributed by atoms with Gasteiger partial charge in [0.1, 0.15) is 0 Å². The van der Waals surface area contributed by atoms with E-state index in [1.165, 1.54) is 25.7 Å². The fourth-order valence-electron chi connectivity index (χ4n) is 2.43. The highest BCUT2D eigenvalue weighted by Gasteiger charge is 2.22. The minimum atomic E-state index is 0.0847. The Labute approximate surface area is 99.6 Å². The number of hydrogen-bond acceptors (Lipinski definition) is 1. The first-order valence-electron chi connectivity index (χ1n) is 6.69. The van der Waals surface area contributed by atoms with Gasteiger partial charge in [-0.1, -0.05) is 19.8 Å². The Morgan fingerprint density at radius 3 is 2.38 bits per heavy atom. The van der Waals surface area contributed by atoms with E-state index in [1.807, 2.05) is 14.0 Å². The van der Waals surface area contributed by atoms with E-state index < -0.39 is 0 Å².